The number of halogens is 2. The summed E-state index contributed by atoms with van der Waals surface area (Å²) < 4.78 is 31.4. The van der Waals surface area contributed by atoms with E-state index in [1.54, 1.807) is 26.1 Å². The van der Waals surface area contributed by atoms with Crippen molar-refractivity contribution in [3.63, 3.8) is 0 Å². The molecule has 1 aliphatic heterocycles. The number of nitrogens with two attached hydrogens (primary N) is 1. The number of rotatable bonds is 28. The standard InChI is InChI=1S/C52H70F2N8O10/c1-32(2)46(59-42(64)18-11-8-14-25-61-43(65)21-22-44(61)66)50(70)57-33(3)48(68)58-40(51(71)72)17-12-13-24-56-49(69)39(55)23-26-62(45(67)31-63)47(52(4,5)6)41-27-35(37-28-36(53)19-20-38(37)54)30-60(41)29-34-15-9-7-10-16-34/h7,9-10,15-16,19-22,27-28,30,32-33,39-40,46-47,63H,8,11-14,17-18,23-26,29,31,55H2,1-6H3,(H,56,69)(H,57,70)(H,58,68)(H,59,64)(H,71,72)/t33-,39-,40-,46?,47-/m0/s1. The van der Waals surface area contributed by atoms with Crippen molar-refractivity contribution in [1.82, 2.24) is 35.6 Å². The molecule has 0 bridgehead atoms. The number of nitrogens with zero attached hydrogens (tertiary/aromatic N) is 3. The van der Waals surface area contributed by atoms with Gasteiger partial charge in [0.2, 0.25) is 29.5 Å². The number of aromatic nitrogens is 1. The smallest absolute Gasteiger partial charge is 0.326 e. The summed E-state index contributed by atoms with van der Waals surface area (Å²) in [5, 5.41) is 30.4. The van der Waals surface area contributed by atoms with Gasteiger partial charge in [-0.1, -0.05) is 71.4 Å². The van der Waals surface area contributed by atoms with Crippen molar-refractivity contribution in [2.45, 2.75) is 130 Å². The number of carbonyl (C=O) groups is 8. The Balaban J connectivity index is 1.28. The Morgan fingerprint density at radius 1 is 0.806 bits per heavy atom. The van der Waals surface area contributed by atoms with Crippen LogP contribution in [0.4, 0.5) is 8.78 Å². The molecule has 18 nitrogen and oxygen atoms in total. The minimum atomic E-state index is -1.32. The van der Waals surface area contributed by atoms with E-state index < -0.39 is 89.4 Å². The molecule has 3 aromatic rings. The summed E-state index contributed by atoms with van der Waals surface area (Å²) in [5.74, 6) is -6.64. The van der Waals surface area contributed by atoms with Crippen LogP contribution in [-0.4, -0.2) is 122 Å². The molecule has 0 saturated heterocycles. The number of aliphatic carboxylic acids is 1. The molecule has 1 unspecified atom stereocenters. The quantitative estimate of drug-likeness (QED) is 0.0403. The van der Waals surface area contributed by atoms with Crippen molar-refractivity contribution in [2.24, 2.45) is 17.1 Å². The Hall–Kier alpha value is -6.80. The molecule has 0 radical (unpaired) electrons. The number of carboxylic acids is 1. The largest absolute Gasteiger partial charge is 0.480 e. The van der Waals surface area contributed by atoms with Gasteiger partial charge in [-0.15, -0.1) is 0 Å². The summed E-state index contributed by atoms with van der Waals surface area (Å²) in [5.41, 5.74) is 7.54. The van der Waals surface area contributed by atoms with Crippen LogP contribution in [0.3, 0.4) is 0 Å². The highest BCUT2D eigenvalue weighted by Gasteiger charge is 2.38. The monoisotopic (exact) mass is 1000 g/mol. The number of carboxylic acid groups (broad SMARTS) is 1. The molecule has 20 heteroatoms. The van der Waals surface area contributed by atoms with Crippen molar-refractivity contribution < 1.29 is 57.4 Å². The second-order valence-corrected chi connectivity index (χ2v) is 19.5. The molecule has 5 atom stereocenters. The van der Waals surface area contributed by atoms with Crippen LogP contribution in [0.1, 0.15) is 110 Å². The molecule has 4 rings (SSSR count). The first-order chi connectivity index (χ1) is 34.0. The second kappa shape index (κ2) is 27.1. The van der Waals surface area contributed by atoms with Crippen molar-refractivity contribution in [3.05, 3.63) is 95.8 Å². The molecule has 72 heavy (non-hydrogen) atoms. The predicted octanol–water partition coefficient (Wildman–Crippen LogP) is 4.09. The number of unbranched alkanes of at least 4 members (excludes halogenated alkanes) is 3. The zero-order chi connectivity index (χ0) is 53.3. The maximum Gasteiger partial charge on any atom is 0.326 e. The van der Waals surface area contributed by atoms with Crippen LogP contribution in [0, 0.1) is 23.0 Å². The lowest BCUT2D eigenvalue weighted by Crippen LogP contribution is -2.56. The van der Waals surface area contributed by atoms with Gasteiger partial charge in [-0.25, -0.2) is 13.6 Å². The van der Waals surface area contributed by atoms with Gasteiger partial charge in [-0.05, 0) is 86.6 Å². The molecule has 2 aromatic carbocycles. The third-order valence-corrected chi connectivity index (χ3v) is 12.3. The normalized spacial score (nSPS) is 14.6. The summed E-state index contributed by atoms with van der Waals surface area (Å²) in [6.07, 6.45) is 6.26. The van der Waals surface area contributed by atoms with Gasteiger partial charge < -0.3 is 46.7 Å². The van der Waals surface area contributed by atoms with E-state index in [1.165, 1.54) is 24.0 Å². The van der Waals surface area contributed by atoms with E-state index in [1.807, 2.05) is 55.7 Å². The fourth-order valence-corrected chi connectivity index (χ4v) is 8.41. The van der Waals surface area contributed by atoms with E-state index in [0.29, 0.717) is 43.5 Å². The first-order valence-electron chi connectivity index (χ1n) is 24.3. The van der Waals surface area contributed by atoms with Gasteiger partial charge in [-0.3, -0.25) is 38.5 Å². The van der Waals surface area contributed by atoms with Crippen LogP contribution in [0.5, 0.6) is 0 Å². The Bertz CT molecular complexity index is 2400. The average molecular weight is 1010 g/mol. The summed E-state index contributed by atoms with van der Waals surface area (Å²) in [4.78, 5) is 104. The van der Waals surface area contributed by atoms with Gasteiger partial charge in [0.15, 0.2) is 0 Å². The van der Waals surface area contributed by atoms with E-state index in [-0.39, 0.29) is 68.6 Å². The fraction of sp³-hybridized carbons (Fsp3) is 0.500. The van der Waals surface area contributed by atoms with E-state index in [9.17, 15) is 53.0 Å². The predicted molar refractivity (Wildman–Crippen MR) is 264 cm³/mol. The highest BCUT2D eigenvalue weighted by Crippen LogP contribution is 2.41. The van der Waals surface area contributed by atoms with Gasteiger partial charge in [0, 0.05) is 67.8 Å². The topological polar surface area (TPSA) is 263 Å². The third-order valence-electron chi connectivity index (χ3n) is 12.3. The average Bonchev–Trinajstić information content (AvgIpc) is 3.88. The molecule has 0 aliphatic carbocycles. The van der Waals surface area contributed by atoms with E-state index >= 15 is 4.39 Å². The lowest BCUT2D eigenvalue weighted by Gasteiger charge is -2.41. The van der Waals surface area contributed by atoms with E-state index in [2.05, 4.69) is 21.3 Å². The SMILES string of the molecule is CC(C)C(NC(=O)CCCCCN1C(=O)C=CC1=O)C(=O)N[C@@H](C)C(=O)N[C@@H](CCCCNC(=O)[C@@H](N)CCN(C(=O)CO)[C@@H](c1cc(-c2cc(F)ccc2F)cn1Cc1ccccc1)C(C)(C)C)C(=O)O. The summed E-state index contributed by atoms with van der Waals surface area (Å²) >= 11 is 0. The lowest BCUT2D eigenvalue weighted by atomic mass is 9.82. The molecule has 1 aromatic heterocycles. The summed E-state index contributed by atoms with van der Waals surface area (Å²) in [6.45, 7) is 10.3. The second-order valence-electron chi connectivity index (χ2n) is 19.5. The number of amides is 7. The molecule has 1 aliphatic rings. The van der Waals surface area contributed by atoms with E-state index in [0.717, 1.165) is 28.7 Å². The number of carbonyl (C=O) groups excluding carboxylic acids is 7. The number of benzene rings is 2. The minimum absolute atomic E-state index is 0.0120. The Kier molecular flexibility index (Phi) is 21.8. The van der Waals surface area contributed by atoms with Crippen LogP contribution in [0.25, 0.3) is 11.1 Å². The Morgan fingerprint density at radius 2 is 1.49 bits per heavy atom. The van der Waals surface area contributed by atoms with Crippen LogP contribution in [-0.2, 0) is 44.9 Å². The molecule has 7 amide bonds. The molecule has 2 heterocycles. The zero-order valence-electron chi connectivity index (χ0n) is 41.9. The molecule has 0 saturated carbocycles. The van der Waals surface area contributed by atoms with Crippen molar-refractivity contribution in [1.29, 1.82) is 0 Å². The molecular weight excluding hydrogens is 935 g/mol. The summed E-state index contributed by atoms with van der Waals surface area (Å²) in [7, 11) is 0. The molecule has 0 spiro atoms. The molecule has 8 N–H and O–H groups in total. The number of imide groups is 1. The number of hydrogen-bond acceptors (Lipinski definition) is 10. The number of aliphatic hydroxyl groups is 1. The maximum absolute atomic E-state index is 15.1. The highest BCUT2D eigenvalue weighted by atomic mass is 19.1. The van der Waals surface area contributed by atoms with Gasteiger partial charge in [0.05, 0.1) is 12.1 Å². The molecular formula is C52H70F2N8O10. The van der Waals surface area contributed by atoms with Crippen molar-refractivity contribution in [2.75, 3.05) is 26.2 Å². The number of aliphatic hydroxyl groups excluding tert-OH is 1. The Morgan fingerprint density at radius 3 is 2.11 bits per heavy atom. The van der Waals surface area contributed by atoms with Gasteiger partial charge in [0.25, 0.3) is 11.8 Å². The third kappa shape index (κ3) is 16.9. The summed E-state index contributed by atoms with van der Waals surface area (Å²) in [6, 6.07) is 9.00. The Labute approximate surface area is 419 Å². The van der Waals surface area contributed by atoms with Crippen LogP contribution < -0.4 is 27.0 Å². The first-order valence-corrected chi connectivity index (χ1v) is 24.3. The van der Waals surface area contributed by atoms with Gasteiger partial charge >= 0.3 is 5.97 Å². The minimum Gasteiger partial charge on any atom is -0.480 e. The van der Waals surface area contributed by atoms with Crippen LogP contribution in [0.2, 0.25) is 0 Å². The van der Waals surface area contributed by atoms with Crippen LogP contribution >= 0.6 is 0 Å². The van der Waals surface area contributed by atoms with Gasteiger partial charge in [0.1, 0.15) is 36.4 Å². The first kappa shape index (κ1) is 57.8. The number of nitrogens with one attached hydrogen (secondary N) is 4. The van der Waals surface area contributed by atoms with Crippen molar-refractivity contribution in [3.8, 4) is 11.1 Å². The lowest BCUT2D eigenvalue weighted by molar-refractivity contribution is -0.142. The van der Waals surface area contributed by atoms with Crippen molar-refractivity contribution >= 4 is 47.3 Å². The highest BCUT2D eigenvalue weighted by molar-refractivity contribution is 6.12. The fourth-order valence-electron chi connectivity index (χ4n) is 8.41. The molecule has 0 fully saturated rings. The molecule has 392 valence electrons. The van der Waals surface area contributed by atoms with Gasteiger partial charge in [-0.2, -0.15) is 0 Å². The zero-order valence-corrected chi connectivity index (χ0v) is 41.9. The maximum atomic E-state index is 15.1. The van der Waals surface area contributed by atoms with Crippen LogP contribution in [0.15, 0.2) is 72.9 Å². The number of hydrogen-bond donors (Lipinski definition) is 7. The van der Waals surface area contributed by atoms with E-state index in [4.69, 9.17) is 5.73 Å².